The van der Waals surface area contributed by atoms with Gasteiger partial charge in [0.2, 0.25) is 0 Å². The molecule has 0 saturated carbocycles. The van der Waals surface area contributed by atoms with Crippen LogP contribution in [0, 0.1) is 0 Å². The average Bonchev–Trinajstić information content (AvgIpc) is 3.99. The minimum Gasteiger partial charge on any atom is -0.456 e. The molecule has 2 heteroatoms. The van der Waals surface area contributed by atoms with Crippen LogP contribution in [0.2, 0.25) is 0 Å². The standard InChI is InChI=1S/C61H37NO/c1-3-14-38(15-4-1)39-28-31-42(32-29-39)62(41-16-5-2-6-17-41)43-33-35-50-55(37-43)61(52-23-9-7-18-46(52)47-19-8-10-24-53(47)61)54-25-11-20-44(58(50)54)40-30-34-45-48-21-12-26-56-59(48)60-49(51(45)36-40)22-13-27-57(60)63-56/h1-37H. The summed E-state index contributed by atoms with van der Waals surface area (Å²) < 4.78 is 6.41. The van der Waals surface area contributed by atoms with E-state index in [1.54, 1.807) is 0 Å². The Morgan fingerprint density at radius 1 is 0.302 bits per heavy atom. The van der Waals surface area contributed by atoms with E-state index in [2.05, 4.69) is 229 Å². The van der Waals surface area contributed by atoms with Crippen molar-refractivity contribution in [3.63, 3.8) is 0 Å². The van der Waals surface area contributed by atoms with Gasteiger partial charge in [-0.05, 0) is 143 Å². The van der Waals surface area contributed by atoms with E-state index in [0.717, 1.165) is 28.2 Å². The van der Waals surface area contributed by atoms with E-state index in [1.165, 1.54) is 99.1 Å². The number of fused-ring (bicyclic) bond motifs is 13. The maximum Gasteiger partial charge on any atom is 0.136 e. The van der Waals surface area contributed by atoms with Crippen molar-refractivity contribution in [3.05, 3.63) is 247 Å². The van der Waals surface area contributed by atoms with Gasteiger partial charge in [0.25, 0.3) is 0 Å². The van der Waals surface area contributed by atoms with E-state index in [9.17, 15) is 0 Å². The molecule has 11 aromatic carbocycles. The molecule has 0 atom stereocenters. The third kappa shape index (κ3) is 4.67. The third-order valence-electron chi connectivity index (χ3n) is 14.0. The van der Waals surface area contributed by atoms with Gasteiger partial charge < -0.3 is 9.32 Å². The van der Waals surface area contributed by atoms with Gasteiger partial charge in [-0.1, -0.05) is 170 Å². The fourth-order valence-corrected chi connectivity index (χ4v) is 11.5. The number of furan rings is 1. The lowest BCUT2D eigenvalue weighted by Gasteiger charge is -2.32. The van der Waals surface area contributed by atoms with Crippen molar-refractivity contribution in [2.24, 2.45) is 0 Å². The number of anilines is 3. The third-order valence-corrected chi connectivity index (χ3v) is 14.0. The predicted octanol–water partition coefficient (Wildman–Crippen LogP) is 16.5. The van der Waals surface area contributed by atoms with Gasteiger partial charge in [0, 0.05) is 27.8 Å². The van der Waals surface area contributed by atoms with E-state index in [1.807, 2.05) is 0 Å². The molecular formula is C61H37NO. The highest BCUT2D eigenvalue weighted by atomic mass is 16.3. The van der Waals surface area contributed by atoms with E-state index < -0.39 is 5.41 Å². The summed E-state index contributed by atoms with van der Waals surface area (Å²) in [5.74, 6) is 0. The van der Waals surface area contributed by atoms with Crippen molar-refractivity contribution in [2.45, 2.75) is 5.41 Å². The topological polar surface area (TPSA) is 16.4 Å². The fraction of sp³-hybridized carbons (Fsp3) is 0.0164. The fourth-order valence-electron chi connectivity index (χ4n) is 11.5. The Kier molecular flexibility index (Phi) is 7.07. The molecule has 0 bridgehead atoms. The summed E-state index contributed by atoms with van der Waals surface area (Å²) in [7, 11) is 0. The van der Waals surface area contributed by atoms with Gasteiger partial charge >= 0.3 is 0 Å². The second kappa shape index (κ2) is 12.9. The highest BCUT2D eigenvalue weighted by Gasteiger charge is 2.52. The first-order chi connectivity index (χ1) is 31.3. The first-order valence-corrected chi connectivity index (χ1v) is 21.8. The quantitative estimate of drug-likeness (QED) is 0.161. The van der Waals surface area contributed by atoms with E-state index >= 15 is 0 Å². The van der Waals surface area contributed by atoms with Crippen LogP contribution in [-0.2, 0) is 5.41 Å². The van der Waals surface area contributed by atoms with Crippen LogP contribution in [0.4, 0.5) is 17.1 Å². The maximum atomic E-state index is 6.41. The lowest BCUT2D eigenvalue weighted by molar-refractivity contribution is 0.669. The second-order valence-corrected chi connectivity index (χ2v) is 17.1. The average molecular weight is 800 g/mol. The van der Waals surface area contributed by atoms with Gasteiger partial charge in [-0.3, -0.25) is 0 Å². The van der Waals surface area contributed by atoms with E-state index in [-0.39, 0.29) is 0 Å². The molecule has 14 rings (SSSR count). The molecule has 0 radical (unpaired) electrons. The molecule has 0 saturated heterocycles. The summed E-state index contributed by atoms with van der Waals surface area (Å²) in [5, 5.41) is 7.38. The van der Waals surface area contributed by atoms with Gasteiger partial charge in [0.05, 0.1) is 5.41 Å². The highest BCUT2D eigenvalue weighted by molar-refractivity contribution is 6.33. The highest BCUT2D eigenvalue weighted by Crippen LogP contribution is 2.64. The molecule has 12 aromatic rings. The molecular weight excluding hydrogens is 763 g/mol. The van der Waals surface area contributed by atoms with E-state index in [0.29, 0.717) is 0 Å². The molecule has 2 aliphatic rings. The van der Waals surface area contributed by atoms with Crippen LogP contribution in [0.1, 0.15) is 22.3 Å². The zero-order valence-corrected chi connectivity index (χ0v) is 34.2. The number of hydrogen-bond donors (Lipinski definition) is 0. The Morgan fingerprint density at radius 3 is 1.56 bits per heavy atom. The molecule has 0 fully saturated rings. The maximum absolute atomic E-state index is 6.41. The summed E-state index contributed by atoms with van der Waals surface area (Å²) in [6, 6.07) is 82.9. The monoisotopic (exact) mass is 799 g/mol. The second-order valence-electron chi connectivity index (χ2n) is 17.1. The molecule has 1 heterocycles. The number of para-hydroxylation sites is 1. The molecule has 2 nitrogen and oxygen atoms in total. The first kappa shape index (κ1) is 34.5. The molecule has 1 spiro atoms. The molecule has 0 amide bonds. The van der Waals surface area contributed by atoms with Crippen LogP contribution in [0.3, 0.4) is 0 Å². The Balaban J connectivity index is 1.03. The molecule has 0 aliphatic heterocycles. The Bertz CT molecular complexity index is 3740. The summed E-state index contributed by atoms with van der Waals surface area (Å²) >= 11 is 0. The van der Waals surface area contributed by atoms with Crippen LogP contribution < -0.4 is 4.90 Å². The Morgan fingerprint density at radius 2 is 0.841 bits per heavy atom. The molecule has 63 heavy (non-hydrogen) atoms. The van der Waals surface area contributed by atoms with Crippen LogP contribution >= 0.6 is 0 Å². The summed E-state index contributed by atoms with van der Waals surface area (Å²) in [6.45, 7) is 0. The zero-order chi connectivity index (χ0) is 41.2. The van der Waals surface area contributed by atoms with Crippen molar-refractivity contribution in [3.8, 4) is 44.5 Å². The molecule has 1 aromatic heterocycles. The van der Waals surface area contributed by atoms with Crippen molar-refractivity contribution in [1.29, 1.82) is 0 Å². The number of rotatable bonds is 5. The largest absolute Gasteiger partial charge is 0.456 e. The number of hydrogen-bond acceptors (Lipinski definition) is 2. The van der Waals surface area contributed by atoms with Crippen molar-refractivity contribution < 1.29 is 4.42 Å². The van der Waals surface area contributed by atoms with Gasteiger partial charge in [0.1, 0.15) is 11.2 Å². The van der Waals surface area contributed by atoms with Gasteiger partial charge in [-0.25, -0.2) is 0 Å². The van der Waals surface area contributed by atoms with Gasteiger partial charge in [-0.2, -0.15) is 0 Å². The zero-order valence-electron chi connectivity index (χ0n) is 34.2. The first-order valence-electron chi connectivity index (χ1n) is 21.8. The van der Waals surface area contributed by atoms with Crippen LogP contribution in [0.15, 0.2) is 229 Å². The van der Waals surface area contributed by atoms with Gasteiger partial charge in [-0.15, -0.1) is 0 Å². The minimum absolute atomic E-state index is 0.523. The van der Waals surface area contributed by atoms with Gasteiger partial charge in [0.15, 0.2) is 0 Å². The molecule has 292 valence electrons. The van der Waals surface area contributed by atoms with Crippen molar-refractivity contribution in [2.75, 3.05) is 4.90 Å². The smallest absolute Gasteiger partial charge is 0.136 e. The van der Waals surface area contributed by atoms with E-state index in [4.69, 9.17) is 4.42 Å². The lowest BCUT2D eigenvalue weighted by atomic mass is 9.70. The minimum atomic E-state index is -0.523. The van der Waals surface area contributed by atoms with Crippen molar-refractivity contribution in [1.82, 2.24) is 0 Å². The molecule has 0 N–H and O–H groups in total. The molecule has 2 aliphatic carbocycles. The summed E-state index contributed by atoms with van der Waals surface area (Å²) in [4.78, 5) is 2.41. The van der Waals surface area contributed by atoms with Crippen molar-refractivity contribution >= 4 is 60.5 Å². The Labute approximate surface area is 364 Å². The lowest BCUT2D eigenvalue weighted by Crippen LogP contribution is -2.26. The predicted molar refractivity (Wildman–Crippen MR) is 262 cm³/mol. The SMILES string of the molecule is c1ccc(-c2ccc(N(c3ccccc3)c3ccc4c(c3)C3(c5ccccc5-c5ccccc53)c3cccc(-c5ccc6c(c5)c5cccc7oc8cccc6c8c75)c3-4)cc2)cc1. The Hall–Kier alpha value is -8.20. The molecule has 0 unspecified atom stereocenters. The normalized spacial score (nSPS) is 13.2. The summed E-state index contributed by atoms with van der Waals surface area (Å²) in [6.07, 6.45) is 0. The number of benzene rings is 11. The van der Waals surface area contributed by atoms with Crippen LogP contribution in [-0.4, -0.2) is 0 Å². The van der Waals surface area contributed by atoms with Crippen LogP contribution in [0.25, 0.3) is 88.0 Å². The van der Waals surface area contributed by atoms with Crippen LogP contribution in [0.5, 0.6) is 0 Å². The summed E-state index contributed by atoms with van der Waals surface area (Å²) in [5.41, 5.74) is 20.0. The number of nitrogens with zero attached hydrogens (tertiary/aromatic N) is 1.